The van der Waals surface area contributed by atoms with Crippen molar-refractivity contribution in [2.75, 3.05) is 4.90 Å². The first-order chi connectivity index (χ1) is 13.8. The molecular formula is C20H21N3O6. The predicted molar refractivity (Wildman–Crippen MR) is 104 cm³/mol. The number of carbonyl (C=O) groups excluding carboxylic acids is 2. The van der Waals surface area contributed by atoms with Crippen molar-refractivity contribution in [3.8, 4) is 5.75 Å². The van der Waals surface area contributed by atoms with Crippen molar-refractivity contribution in [1.82, 2.24) is 4.98 Å². The maximum atomic E-state index is 12.9. The van der Waals surface area contributed by atoms with Gasteiger partial charge in [-0.25, -0.2) is 4.79 Å². The van der Waals surface area contributed by atoms with E-state index in [0.717, 1.165) is 0 Å². The van der Waals surface area contributed by atoms with Crippen LogP contribution >= 0.6 is 0 Å². The molecule has 1 atom stereocenters. The summed E-state index contributed by atoms with van der Waals surface area (Å²) in [5, 5.41) is 11.1. The molecule has 1 aliphatic heterocycles. The lowest BCUT2D eigenvalue weighted by molar-refractivity contribution is -0.389. The van der Waals surface area contributed by atoms with Crippen LogP contribution in [0.3, 0.4) is 0 Å². The Hall–Kier alpha value is -3.49. The number of nitrogens with zero attached hydrogens (tertiary/aromatic N) is 3. The summed E-state index contributed by atoms with van der Waals surface area (Å²) in [6.45, 7) is 5.42. The fraction of sp³-hybridized carbons (Fsp3) is 0.350. The van der Waals surface area contributed by atoms with E-state index in [2.05, 4.69) is 4.98 Å². The number of benzene rings is 1. The lowest BCUT2D eigenvalue weighted by atomic mass is 10.1. The summed E-state index contributed by atoms with van der Waals surface area (Å²) in [7, 11) is 0. The molecule has 2 heterocycles. The molecule has 152 valence electrons. The predicted octanol–water partition coefficient (Wildman–Crippen LogP) is 3.26. The van der Waals surface area contributed by atoms with E-state index < -0.39 is 17.0 Å². The highest BCUT2D eigenvalue weighted by molar-refractivity contribution is 5.99. The van der Waals surface area contributed by atoms with Crippen molar-refractivity contribution >= 4 is 23.5 Å². The summed E-state index contributed by atoms with van der Waals surface area (Å²) in [5.41, 5.74) is 1.02. The van der Waals surface area contributed by atoms with Gasteiger partial charge in [-0.15, -0.1) is 0 Å². The van der Waals surface area contributed by atoms with Crippen LogP contribution < -0.4 is 9.64 Å². The summed E-state index contributed by atoms with van der Waals surface area (Å²) >= 11 is 0. The molecule has 0 saturated heterocycles. The van der Waals surface area contributed by atoms with Crippen LogP contribution in [-0.4, -0.2) is 34.0 Å². The first-order valence-electron chi connectivity index (χ1n) is 9.23. The number of hydrogen-bond acceptors (Lipinski definition) is 7. The summed E-state index contributed by atoms with van der Waals surface area (Å²) in [6, 6.07) is 9.39. The number of anilines is 1. The number of carbonyl (C=O) groups is 2. The van der Waals surface area contributed by atoms with Crippen LogP contribution in [0.5, 0.6) is 5.75 Å². The van der Waals surface area contributed by atoms with Gasteiger partial charge in [-0.3, -0.25) is 9.69 Å². The van der Waals surface area contributed by atoms with Crippen molar-refractivity contribution in [2.45, 2.75) is 45.9 Å². The lowest BCUT2D eigenvalue weighted by Crippen LogP contribution is -2.45. The Morgan fingerprint density at radius 2 is 2.10 bits per heavy atom. The largest absolute Gasteiger partial charge is 0.474 e. The van der Waals surface area contributed by atoms with Gasteiger partial charge < -0.3 is 19.6 Å². The van der Waals surface area contributed by atoms with Gasteiger partial charge in [-0.1, -0.05) is 19.1 Å². The molecule has 1 aromatic carbocycles. The molecule has 9 heteroatoms. The summed E-state index contributed by atoms with van der Waals surface area (Å²) < 4.78 is 10.9. The Labute approximate surface area is 167 Å². The number of esters is 1. The van der Waals surface area contributed by atoms with Crippen LogP contribution in [-0.2, 0) is 16.1 Å². The van der Waals surface area contributed by atoms with Gasteiger partial charge in [-0.2, -0.15) is 0 Å². The van der Waals surface area contributed by atoms with Crippen LogP contribution in [0.25, 0.3) is 0 Å². The molecular weight excluding hydrogens is 378 g/mol. The molecule has 0 radical (unpaired) electrons. The van der Waals surface area contributed by atoms with E-state index in [1.807, 2.05) is 6.92 Å². The highest BCUT2D eigenvalue weighted by Gasteiger charge is 2.38. The monoisotopic (exact) mass is 399 g/mol. The van der Waals surface area contributed by atoms with Gasteiger partial charge in [0.1, 0.15) is 0 Å². The highest BCUT2D eigenvalue weighted by Crippen LogP contribution is 2.35. The number of amides is 1. The molecule has 0 N–H and O–H groups in total. The van der Waals surface area contributed by atoms with E-state index in [1.54, 1.807) is 38.1 Å². The van der Waals surface area contributed by atoms with Gasteiger partial charge in [0.25, 0.3) is 11.7 Å². The number of pyridine rings is 1. The first-order valence-corrected chi connectivity index (χ1v) is 9.23. The molecule has 9 nitrogen and oxygen atoms in total. The molecule has 0 bridgehead atoms. The third-order valence-electron chi connectivity index (χ3n) is 4.29. The summed E-state index contributed by atoms with van der Waals surface area (Å²) in [6.07, 6.45) is -0.527. The third-order valence-corrected chi connectivity index (χ3v) is 4.29. The number of nitro groups is 1. The second-order valence-corrected chi connectivity index (χ2v) is 6.84. The quantitative estimate of drug-likeness (QED) is 0.416. The molecule has 1 aliphatic rings. The topological polar surface area (TPSA) is 112 Å². The third kappa shape index (κ3) is 4.34. The van der Waals surface area contributed by atoms with Crippen LogP contribution in [0.15, 0.2) is 36.4 Å². The van der Waals surface area contributed by atoms with Crippen molar-refractivity contribution in [2.24, 2.45) is 0 Å². The maximum Gasteiger partial charge on any atom is 0.366 e. The lowest BCUT2D eigenvalue weighted by Gasteiger charge is -2.30. The Morgan fingerprint density at radius 1 is 1.34 bits per heavy atom. The zero-order valence-electron chi connectivity index (χ0n) is 16.3. The number of hydrogen-bond donors (Lipinski definition) is 0. The highest BCUT2D eigenvalue weighted by atomic mass is 16.6. The van der Waals surface area contributed by atoms with Crippen molar-refractivity contribution in [1.29, 1.82) is 0 Å². The molecule has 0 spiro atoms. The normalized spacial score (nSPS) is 15.7. The number of fused-ring (bicyclic) bond motifs is 1. The molecule has 3 rings (SSSR count). The van der Waals surface area contributed by atoms with E-state index in [0.29, 0.717) is 23.3 Å². The maximum absolute atomic E-state index is 12.9. The Kier molecular flexibility index (Phi) is 5.76. The second-order valence-electron chi connectivity index (χ2n) is 6.84. The van der Waals surface area contributed by atoms with E-state index in [-0.39, 0.29) is 30.2 Å². The zero-order chi connectivity index (χ0) is 21.1. The first kappa shape index (κ1) is 20.2. The fourth-order valence-corrected chi connectivity index (χ4v) is 2.97. The number of aromatic nitrogens is 1. The zero-order valence-corrected chi connectivity index (χ0v) is 16.3. The SMILES string of the molecule is CCC1Oc2ccc([N+](=O)[O-])nc2N(Cc2cccc(C(=O)OC(C)C)c2)C1=O. The smallest absolute Gasteiger partial charge is 0.366 e. The van der Waals surface area contributed by atoms with Crippen molar-refractivity contribution < 1.29 is 24.0 Å². The molecule has 0 aliphatic carbocycles. The van der Waals surface area contributed by atoms with Gasteiger partial charge in [0.15, 0.2) is 11.9 Å². The molecule has 0 fully saturated rings. The minimum Gasteiger partial charge on any atom is -0.474 e. The molecule has 1 aromatic heterocycles. The standard InChI is InChI=1S/C20H21N3O6/c1-4-15-19(24)22(18-16(29-15)8-9-17(21-18)23(26)27)11-13-6-5-7-14(10-13)20(25)28-12(2)3/h5-10,12,15H,4,11H2,1-3H3. The average Bonchev–Trinajstić information content (AvgIpc) is 2.69. The van der Waals surface area contributed by atoms with Gasteiger partial charge >= 0.3 is 11.8 Å². The molecule has 0 saturated carbocycles. The fourth-order valence-electron chi connectivity index (χ4n) is 2.97. The van der Waals surface area contributed by atoms with E-state index in [1.165, 1.54) is 17.0 Å². The molecule has 2 aromatic rings. The molecule has 1 unspecified atom stereocenters. The molecule has 1 amide bonds. The van der Waals surface area contributed by atoms with Gasteiger partial charge in [-0.05, 0) is 53.9 Å². The minimum absolute atomic E-state index is 0.0860. The van der Waals surface area contributed by atoms with Gasteiger partial charge in [0.2, 0.25) is 0 Å². The summed E-state index contributed by atoms with van der Waals surface area (Å²) in [4.78, 5) is 40.9. The van der Waals surface area contributed by atoms with Crippen molar-refractivity contribution in [3.63, 3.8) is 0 Å². The van der Waals surface area contributed by atoms with Crippen LogP contribution in [0.4, 0.5) is 11.6 Å². The number of rotatable bonds is 6. The van der Waals surface area contributed by atoms with Crippen molar-refractivity contribution in [3.05, 3.63) is 57.6 Å². The second kappa shape index (κ2) is 8.26. The molecule has 29 heavy (non-hydrogen) atoms. The van der Waals surface area contributed by atoms with Gasteiger partial charge in [0, 0.05) is 6.07 Å². The van der Waals surface area contributed by atoms with Crippen LogP contribution in [0.1, 0.15) is 43.1 Å². The summed E-state index contributed by atoms with van der Waals surface area (Å²) in [5.74, 6) is -0.797. The number of ether oxygens (including phenoxy) is 2. The Balaban J connectivity index is 1.95. The average molecular weight is 399 g/mol. The van der Waals surface area contributed by atoms with E-state index >= 15 is 0 Å². The Morgan fingerprint density at radius 3 is 2.76 bits per heavy atom. The van der Waals surface area contributed by atoms with Crippen LogP contribution in [0, 0.1) is 10.1 Å². The van der Waals surface area contributed by atoms with E-state index in [9.17, 15) is 19.7 Å². The van der Waals surface area contributed by atoms with Gasteiger partial charge in [0.05, 0.1) is 18.2 Å². The van der Waals surface area contributed by atoms with E-state index in [4.69, 9.17) is 9.47 Å². The van der Waals surface area contributed by atoms with Crippen LogP contribution in [0.2, 0.25) is 0 Å². The Bertz CT molecular complexity index is 959. The minimum atomic E-state index is -0.708.